The Balaban J connectivity index is 2.15. The molecule has 0 saturated carbocycles. The predicted octanol–water partition coefficient (Wildman–Crippen LogP) is 5.35. The van der Waals surface area contributed by atoms with E-state index in [1.165, 1.54) is 17.8 Å². The van der Waals surface area contributed by atoms with Gasteiger partial charge in [0.15, 0.2) is 0 Å². The van der Waals surface area contributed by atoms with E-state index in [9.17, 15) is 14.0 Å². The van der Waals surface area contributed by atoms with Crippen LogP contribution in [0.25, 0.3) is 0 Å². The highest BCUT2D eigenvalue weighted by atomic mass is 35.5. The van der Waals surface area contributed by atoms with Gasteiger partial charge in [0.2, 0.25) is 11.8 Å². The average molecular weight is 465 g/mol. The number of thioether (sulfide) groups is 1. The molecule has 168 valence electrons. The molecule has 4 nitrogen and oxygen atoms in total. The Morgan fingerprint density at radius 1 is 1.16 bits per heavy atom. The van der Waals surface area contributed by atoms with Crippen molar-refractivity contribution >= 4 is 35.2 Å². The number of carbonyl (C=O) groups excluding carboxylic acids is 2. The van der Waals surface area contributed by atoms with Crippen molar-refractivity contribution in [1.82, 2.24) is 10.2 Å². The number of benzene rings is 2. The standard InChI is InChI=1S/C24H30ClFN2O2S/c1-16-9-6-7-10-18(16)13-28(17(2)23(30)27-24(3,4)5)22(29)15-31-14-19-20(25)11-8-12-21(19)26/h6-12,17H,13-15H2,1-5H3,(H,27,30)/t17-/m0/s1. The van der Waals surface area contributed by atoms with Crippen LogP contribution in [0.5, 0.6) is 0 Å². The summed E-state index contributed by atoms with van der Waals surface area (Å²) in [6, 6.07) is 11.7. The van der Waals surface area contributed by atoms with Gasteiger partial charge in [0.1, 0.15) is 11.9 Å². The van der Waals surface area contributed by atoms with Crippen molar-refractivity contribution in [3.8, 4) is 0 Å². The number of nitrogens with one attached hydrogen (secondary N) is 1. The van der Waals surface area contributed by atoms with E-state index in [4.69, 9.17) is 11.6 Å². The van der Waals surface area contributed by atoms with Crippen molar-refractivity contribution in [3.05, 3.63) is 70.0 Å². The first-order chi connectivity index (χ1) is 14.5. The van der Waals surface area contributed by atoms with E-state index in [2.05, 4.69) is 5.32 Å². The van der Waals surface area contributed by atoms with Gasteiger partial charge in [0, 0.05) is 28.4 Å². The lowest BCUT2D eigenvalue weighted by Crippen LogP contribution is -2.52. The molecular formula is C24H30ClFN2O2S. The molecule has 0 fully saturated rings. The third-order valence-corrected chi connectivity index (χ3v) is 6.10. The van der Waals surface area contributed by atoms with E-state index in [-0.39, 0.29) is 29.1 Å². The average Bonchev–Trinajstić information content (AvgIpc) is 2.67. The van der Waals surface area contributed by atoms with Crippen LogP contribution in [-0.4, -0.2) is 34.0 Å². The van der Waals surface area contributed by atoms with Crippen LogP contribution in [0.3, 0.4) is 0 Å². The zero-order chi connectivity index (χ0) is 23.2. The highest BCUT2D eigenvalue weighted by molar-refractivity contribution is 7.99. The zero-order valence-electron chi connectivity index (χ0n) is 18.7. The molecule has 0 spiro atoms. The first-order valence-electron chi connectivity index (χ1n) is 10.2. The molecule has 0 bridgehead atoms. The Morgan fingerprint density at radius 2 is 1.84 bits per heavy atom. The fourth-order valence-corrected chi connectivity index (χ4v) is 4.27. The van der Waals surface area contributed by atoms with Gasteiger partial charge in [0.25, 0.3) is 0 Å². The largest absolute Gasteiger partial charge is 0.350 e. The van der Waals surface area contributed by atoms with Crippen molar-refractivity contribution in [2.75, 3.05) is 5.75 Å². The van der Waals surface area contributed by atoms with Crippen molar-refractivity contribution in [3.63, 3.8) is 0 Å². The molecule has 7 heteroatoms. The normalized spacial score (nSPS) is 12.4. The van der Waals surface area contributed by atoms with Gasteiger partial charge in [-0.3, -0.25) is 9.59 Å². The summed E-state index contributed by atoms with van der Waals surface area (Å²) in [6.45, 7) is 9.74. The molecule has 0 radical (unpaired) electrons. The Labute approximate surface area is 193 Å². The molecular weight excluding hydrogens is 435 g/mol. The second kappa shape index (κ2) is 11.0. The van der Waals surface area contributed by atoms with Crippen LogP contribution >= 0.6 is 23.4 Å². The quantitative estimate of drug-likeness (QED) is 0.572. The third kappa shape index (κ3) is 7.54. The molecule has 2 amide bonds. The molecule has 2 aromatic carbocycles. The van der Waals surface area contributed by atoms with Gasteiger partial charge in [-0.15, -0.1) is 11.8 Å². The van der Waals surface area contributed by atoms with Gasteiger partial charge in [-0.05, 0) is 57.9 Å². The first-order valence-corrected chi connectivity index (χ1v) is 11.7. The summed E-state index contributed by atoms with van der Waals surface area (Å²) in [5, 5.41) is 3.29. The molecule has 0 aromatic heterocycles. The van der Waals surface area contributed by atoms with Gasteiger partial charge < -0.3 is 10.2 Å². The van der Waals surface area contributed by atoms with Gasteiger partial charge in [-0.25, -0.2) is 4.39 Å². The van der Waals surface area contributed by atoms with Crippen LogP contribution < -0.4 is 5.32 Å². The molecule has 1 atom stereocenters. The molecule has 1 N–H and O–H groups in total. The fraction of sp³-hybridized carbons (Fsp3) is 0.417. The van der Waals surface area contributed by atoms with E-state index in [1.807, 2.05) is 52.0 Å². The summed E-state index contributed by atoms with van der Waals surface area (Å²) in [7, 11) is 0. The predicted molar refractivity (Wildman–Crippen MR) is 127 cm³/mol. The second-order valence-electron chi connectivity index (χ2n) is 8.56. The van der Waals surface area contributed by atoms with Crippen molar-refractivity contribution < 1.29 is 14.0 Å². The van der Waals surface area contributed by atoms with Crippen LogP contribution in [0, 0.1) is 12.7 Å². The van der Waals surface area contributed by atoms with Crippen molar-refractivity contribution in [2.45, 2.75) is 58.5 Å². The molecule has 0 saturated heterocycles. The number of hydrogen-bond acceptors (Lipinski definition) is 3. The lowest BCUT2D eigenvalue weighted by Gasteiger charge is -2.31. The van der Waals surface area contributed by atoms with Crippen LogP contribution in [-0.2, 0) is 21.9 Å². The number of amides is 2. The molecule has 2 rings (SSSR count). The van der Waals surface area contributed by atoms with Crippen molar-refractivity contribution in [1.29, 1.82) is 0 Å². The lowest BCUT2D eigenvalue weighted by atomic mass is 10.1. The van der Waals surface area contributed by atoms with Crippen LogP contribution in [0.15, 0.2) is 42.5 Å². The molecule has 2 aromatic rings. The maximum absolute atomic E-state index is 14.0. The second-order valence-corrected chi connectivity index (χ2v) is 9.95. The molecule has 0 heterocycles. The Kier molecular flexibility index (Phi) is 8.95. The summed E-state index contributed by atoms with van der Waals surface area (Å²) >= 11 is 7.36. The van der Waals surface area contributed by atoms with Crippen LogP contribution in [0.4, 0.5) is 4.39 Å². The summed E-state index contributed by atoms with van der Waals surface area (Å²) in [6.07, 6.45) is 0. The molecule has 0 aliphatic heterocycles. The van der Waals surface area contributed by atoms with Gasteiger partial charge >= 0.3 is 0 Å². The summed E-state index contributed by atoms with van der Waals surface area (Å²) in [5.41, 5.74) is 2.01. The summed E-state index contributed by atoms with van der Waals surface area (Å²) in [5.74, 6) is -0.391. The SMILES string of the molecule is Cc1ccccc1CN(C(=O)CSCc1c(F)cccc1Cl)[C@@H](C)C(=O)NC(C)(C)C. The maximum Gasteiger partial charge on any atom is 0.242 e. The van der Waals surface area contributed by atoms with Crippen LogP contribution in [0.1, 0.15) is 44.4 Å². The Hall–Kier alpha value is -2.05. The van der Waals surface area contributed by atoms with E-state index < -0.39 is 11.6 Å². The van der Waals surface area contributed by atoms with E-state index in [0.717, 1.165) is 11.1 Å². The summed E-state index contributed by atoms with van der Waals surface area (Å²) in [4.78, 5) is 27.5. The number of hydrogen-bond donors (Lipinski definition) is 1. The minimum atomic E-state index is -0.649. The Bertz CT molecular complexity index is 910. The number of carbonyl (C=O) groups is 2. The number of nitrogens with zero attached hydrogens (tertiary/aromatic N) is 1. The monoisotopic (exact) mass is 464 g/mol. The van der Waals surface area contributed by atoms with E-state index in [0.29, 0.717) is 17.1 Å². The zero-order valence-corrected chi connectivity index (χ0v) is 20.2. The van der Waals surface area contributed by atoms with Crippen LogP contribution in [0.2, 0.25) is 5.02 Å². The van der Waals surface area contributed by atoms with E-state index in [1.54, 1.807) is 24.0 Å². The number of aryl methyl sites for hydroxylation is 1. The highest BCUT2D eigenvalue weighted by Gasteiger charge is 2.28. The van der Waals surface area contributed by atoms with E-state index >= 15 is 0 Å². The topological polar surface area (TPSA) is 49.4 Å². The van der Waals surface area contributed by atoms with Gasteiger partial charge in [-0.2, -0.15) is 0 Å². The van der Waals surface area contributed by atoms with Gasteiger partial charge in [-0.1, -0.05) is 41.9 Å². The Morgan fingerprint density at radius 3 is 2.45 bits per heavy atom. The molecule has 31 heavy (non-hydrogen) atoms. The molecule has 0 aliphatic carbocycles. The minimum Gasteiger partial charge on any atom is -0.350 e. The van der Waals surface area contributed by atoms with Crippen molar-refractivity contribution in [2.24, 2.45) is 0 Å². The van der Waals surface area contributed by atoms with Gasteiger partial charge in [0.05, 0.1) is 5.75 Å². The first kappa shape index (κ1) is 25.2. The molecule has 0 aliphatic rings. The number of halogens is 2. The molecule has 0 unspecified atom stereocenters. The minimum absolute atomic E-state index is 0.115. The maximum atomic E-state index is 14.0. The smallest absolute Gasteiger partial charge is 0.242 e. The third-order valence-electron chi connectivity index (χ3n) is 4.80. The lowest BCUT2D eigenvalue weighted by molar-refractivity contribution is -0.139. The fourth-order valence-electron chi connectivity index (χ4n) is 3.02. The highest BCUT2D eigenvalue weighted by Crippen LogP contribution is 2.24. The number of rotatable bonds is 8. The summed E-state index contributed by atoms with van der Waals surface area (Å²) < 4.78 is 14.0.